The lowest BCUT2D eigenvalue weighted by Gasteiger charge is -2.11. The molecule has 2 N–H and O–H groups in total. The second kappa shape index (κ2) is 5.71. The third-order valence-electron chi connectivity index (χ3n) is 2.67. The third kappa shape index (κ3) is 3.12. The molecule has 0 aliphatic heterocycles. The molecule has 0 unspecified atom stereocenters. The second-order valence-electron chi connectivity index (χ2n) is 4.19. The van der Waals surface area contributed by atoms with Crippen LogP contribution in [0.3, 0.4) is 0 Å². The van der Waals surface area contributed by atoms with Crippen molar-refractivity contribution in [1.29, 1.82) is 0 Å². The highest BCUT2D eigenvalue weighted by molar-refractivity contribution is 6.59. The van der Waals surface area contributed by atoms with E-state index in [2.05, 4.69) is 0 Å². The van der Waals surface area contributed by atoms with E-state index in [9.17, 15) is 10.0 Å². The number of rotatable bonds is 4. The van der Waals surface area contributed by atoms with Crippen LogP contribution in [0.25, 0.3) is 0 Å². The summed E-state index contributed by atoms with van der Waals surface area (Å²) in [5.41, 5.74) is 2.61. The molecule has 0 bridgehead atoms. The average molecular weight is 242 g/mol. The SMILES string of the molecule is Cc1cccc(COc2ccccc2B(O)O)c1. The van der Waals surface area contributed by atoms with Gasteiger partial charge in [0, 0.05) is 5.46 Å². The van der Waals surface area contributed by atoms with Gasteiger partial charge in [-0.3, -0.25) is 0 Å². The Balaban J connectivity index is 2.11. The zero-order valence-corrected chi connectivity index (χ0v) is 10.2. The van der Waals surface area contributed by atoms with Crippen molar-refractivity contribution < 1.29 is 14.8 Å². The molecule has 18 heavy (non-hydrogen) atoms. The summed E-state index contributed by atoms with van der Waals surface area (Å²) in [7, 11) is -1.52. The van der Waals surface area contributed by atoms with Crippen LogP contribution in [-0.2, 0) is 6.61 Å². The minimum atomic E-state index is -1.52. The van der Waals surface area contributed by atoms with Gasteiger partial charge in [-0.15, -0.1) is 0 Å². The van der Waals surface area contributed by atoms with E-state index < -0.39 is 7.12 Å². The maximum Gasteiger partial charge on any atom is 0.492 e. The fraction of sp³-hybridized carbons (Fsp3) is 0.143. The number of benzene rings is 2. The van der Waals surface area contributed by atoms with Crippen LogP contribution in [0, 0.1) is 6.92 Å². The lowest BCUT2D eigenvalue weighted by molar-refractivity contribution is 0.306. The Hall–Kier alpha value is -1.78. The first-order chi connectivity index (χ1) is 8.66. The number of aryl methyl sites for hydroxylation is 1. The molecule has 2 aromatic carbocycles. The third-order valence-corrected chi connectivity index (χ3v) is 2.67. The molecular formula is C14H15BO3. The van der Waals surface area contributed by atoms with Crippen LogP contribution < -0.4 is 10.2 Å². The molecule has 0 spiro atoms. The molecule has 0 amide bonds. The van der Waals surface area contributed by atoms with Crippen LogP contribution in [0.4, 0.5) is 0 Å². The molecule has 0 radical (unpaired) electrons. The topological polar surface area (TPSA) is 49.7 Å². The van der Waals surface area contributed by atoms with E-state index >= 15 is 0 Å². The number of hydrogen-bond acceptors (Lipinski definition) is 3. The summed E-state index contributed by atoms with van der Waals surface area (Å²) in [6, 6.07) is 14.9. The van der Waals surface area contributed by atoms with Gasteiger partial charge in [0.1, 0.15) is 12.4 Å². The fourth-order valence-corrected chi connectivity index (χ4v) is 1.79. The summed E-state index contributed by atoms with van der Waals surface area (Å²) in [6.07, 6.45) is 0. The van der Waals surface area contributed by atoms with Crippen molar-refractivity contribution in [2.45, 2.75) is 13.5 Å². The van der Waals surface area contributed by atoms with Crippen LogP contribution in [-0.4, -0.2) is 17.2 Å². The van der Waals surface area contributed by atoms with Crippen molar-refractivity contribution in [3.63, 3.8) is 0 Å². The molecule has 2 rings (SSSR count). The van der Waals surface area contributed by atoms with Gasteiger partial charge < -0.3 is 14.8 Å². The maximum atomic E-state index is 9.22. The number of hydrogen-bond donors (Lipinski definition) is 2. The molecule has 0 atom stereocenters. The summed E-state index contributed by atoms with van der Waals surface area (Å²) in [5.74, 6) is 0.494. The average Bonchev–Trinajstić information content (AvgIpc) is 2.37. The van der Waals surface area contributed by atoms with Crippen molar-refractivity contribution in [3.05, 3.63) is 59.7 Å². The summed E-state index contributed by atoms with van der Waals surface area (Å²) in [6.45, 7) is 2.43. The molecule has 4 heteroatoms. The van der Waals surface area contributed by atoms with Gasteiger partial charge in [0.05, 0.1) is 0 Å². The molecule has 0 saturated carbocycles. The molecule has 0 aliphatic carbocycles. The van der Waals surface area contributed by atoms with E-state index in [1.807, 2.05) is 31.2 Å². The van der Waals surface area contributed by atoms with Gasteiger partial charge in [-0.25, -0.2) is 0 Å². The molecule has 3 nitrogen and oxygen atoms in total. The Labute approximate surface area is 107 Å². The highest BCUT2D eigenvalue weighted by Gasteiger charge is 2.16. The van der Waals surface area contributed by atoms with Gasteiger partial charge in [-0.2, -0.15) is 0 Å². The highest BCUT2D eigenvalue weighted by Crippen LogP contribution is 2.11. The number of ether oxygens (including phenoxy) is 1. The first-order valence-electron chi connectivity index (χ1n) is 5.80. The van der Waals surface area contributed by atoms with E-state index in [4.69, 9.17) is 4.74 Å². The fourth-order valence-electron chi connectivity index (χ4n) is 1.79. The lowest BCUT2D eigenvalue weighted by Crippen LogP contribution is -2.31. The second-order valence-corrected chi connectivity index (χ2v) is 4.19. The van der Waals surface area contributed by atoms with E-state index in [0.717, 1.165) is 5.56 Å². The molecule has 0 heterocycles. The minimum Gasteiger partial charge on any atom is -0.489 e. The Bertz CT molecular complexity index is 526. The van der Waals surface area contributed by atoms with Gasteiger partial charge in [0.2, 0.25) is 0 Å². The van der Waals surface area contributed by atoms with Crippen molar-refractivity contribution >= 4 is 12.6 Å². The van der Waals surface area contributed by atoms with Gasteiger partial charge in [-0.05, 0) is 18.6 Å². The Morgan fingerprint density at radius 3 is 2.56 bits per heavy atom. The van der Waals surface area contributed by atoms with E-state index in [-0.39, 0.29) is 0 Å². The molecular weight excluding hydrogens is 227 g/mol. The summed E-state index contributed by atoms with van der Waals surface area (Å²) < 4.78 is 5.62. The van der Waals surface area contributed by atoms with E-state index in [1.165, 1.54) is 5.56 Å². The standard InChI is InChI=1S/C14H15BO3/c1-11-5-4-6-12(9-11)10-18-14-8-3-2-7-13(14)15(16)17/h2-9,16-17H,10H2,1H3. The summed E-state index contributed by atoms with van der Waals surface area (Å²) in [4.78, 5) is 0. The first kappa shape index (κ1) is 12.7. The smallest absolute Gasteiger partial charge is 0.489 e. The quantitative estimate of drug-likeness (QED) is 0.793. The lowest BCUT2D eigenvalue weighted by atomic mass is 9.79. The van der Waals surface area contributed by atoms with Gasteiger partial charge >= 0.3 is 7.12 Å². The van der Waals surface area contributed by atoms with Crippen LogP contribution in [0.2, 0.25) is 0 Å². The van der Waals surface area contributed by atoms with Crippen molar-refractivity contribution in [1.82, 2.24) is 0 Å². The van der Waals surface area contributed by atoms with Crippen molar-refractivity contribution in [2.75, 3.05) is 0 Å². The molecule has 0 aliphatic rings. The normalized spacial score (nSPS) is 10.2. The van der Waals surface area contributed by atoms with Crippen LogP contribution in [0.5, 0.6) is 5.75 Å². The molecule has 0 saturated heterocycles. The van der Waals surface area contributed by atoms with Gasteiger partial charge in [-0.1, -0.05) is 48.0 Å². The van der Waals surface area contributed by atoms with Crippen LogP contribution in [0.1, 0.15) is 11.1 Å². The largest absolute Gasteiger partial charge is 0.492 e. The predicted octanol–water partition coefficient (Wildman–Crippen LogP) is 1.25. The molecule has 0 fully saturated rings. The molecule has 0 aromatic heterocycles. The zero-order valence-electron chi connectivity index (χ0n) is 10.2. The van der Waals surface area contributed by atoms with E-state index in [1.54, 1.807) is 24.3 Å². The molecule has 92 valence electrons. The van der Waals surface area contributed by atoms with Crippen molar-refractivity contribution in [3.8, 4) is 5.75 Å². The minimum absolute atomic E-state index is 0.380. The van der Waals surface area contributed by atoms with Crippen LogP contribution >= 0.6 is 0 Å². The van der Waals surface area contributed by atoms with Crippen LogP contribution in [0.15, 0.2) is 48.5 Å². The summed E-state index contributed by atoms with van der Waals surface area (Å²) in [5, 5.41) is 18.4. The zero-order chi connectivity index (χ0) is 13.0. The summed E-state index contributed by atoms with van der Waals surface area (Å²) >= 11 is 0. The Morgan fingerprint density at radius 1 is 1.06 bits per heavy atom. The van der Waals surface area contributed by atoms with E-state index in [0.29, 0.717) is 17.8 Å². The predicted molar refractivity (Wildman–Crippen MR) is 71.8 cm³/mol. The Morgan fingerprint density at radius 2 is 1.83 bits per heavy atom. The molecule has 2 aromatic rings. The van der Waals surface area contributed by atoms with Gasteiger partial charge in [0.15, 0.2) is 0 Å². The monoisotopic (exact) mass is 242 g/mol. The van der Waals surface area contributed by atoms with Crippen molar-refractivity contribution in [2.24, 2.45) is 0 Å². The Kier molecular flexibility index (Phi) is 4.02. The highest BCUT2D eigenvalue weighted by atomic mass is 16.5. The first-order valence-corrected chi connectivity index (χ1v) is 5.80. The van der Waals surface area contributed by atoms with Gasteiger partial charge in [0.25, 0.3) is 0 Å². The maximum absolute atomic E-state index is 9.22. The number of para-hydroxylation sites is 1.